The molecule has 1 amide bonds. The van der Waals surface area contributed by atoms with E-state index in [-0.39, 0.29) is 12.5 Å². The second-order valence-electron chi connectivity index (χ2n) is 5.18. The van der Waals surface area contributed by atoms with Gasteiger partial charge in [0.15, 0.2) is 6.61 Å². The van der Waals surface area contributed by atoms with E-state index in [1.807, 2.05) is 24.3 Å². The molecule has 3 nitrogen and oxygen atoms in total. The standard InChI is InChI=1S/C15H20INO2/c1-11-4-2-3-5-14(11)17-15(18)10-19-13-8-6-12(16)7-9-13/h6-9,11,14H,2-5,10H2,1H3,(H,17,18). The topological polar surface area (TPSA) is 38.3 Å². The van der Waals surface area contributed by atoms with Crippen molar-refractivity contribution in [2.24, 2.45) is 5.92 Å². The predicted molar refractivity (Wildman–Crippen MR) is 84.2 cm³/mol. The number of hydrogen-bond acceptors (Lipinski definition) is 2. The zero-order valence-electron chi connectivity index (χ0n) is 11.2. The fourth-order valence-electron chi connectivity index (χ4n) is 2.46. The van der Waals surface area contributed by atoms with Crippen molar-refractivity contribution >= 4 is 28.5 Å². The third kappa shape index (κ3) is 4.67. The SMILES string of the molecule is CC1CCCCC1NC(=O)COc1ccc(I)cc1. The smallest absolute Gasteiger partial charge is 0.258 e. The summed E-state index contributed by atoms with van der Waals surface area (Å²) < 4.78 is 6.64. The molecule has 0 saturated heterocycles. The monoisotopic (exact) mass is 373 g/mol. The summed E-state index contributed by atoms with van der Waals surface area (Å²) in [4.78, 5) is 11.9. The number of rotatable bonds is 4. The van der Waals surface area contributed by atoms with Crippen LogP contribution in [0.3, 0.4) is 0 Å². The van der Waals surface area contributed by atoms with Crippen LogP contribution in [0.2, 0.25) is 0 Å². The quantitative estimate of drug-likeness (QED) is 0.822. The minimum absolute atomic E-state index is 0.0164. The minimum atomic E-state index is -0.0164. The summed E-state index contributed by atoms with van der Waals surface area (Å²) in [5.74, 6) is 1.31. The predicted octanol–water partition coefficient (Wildman–Crippen LogP) is 3.36. The van der Waals surface area contributed by atoms with Crippen molar-refractivity contribution in [2.45, 2.75) is 38.6 Å². The van der Waals surface area contributed by atoms with Gasteiger partial charge in [-0.05, 0) is 65.6 Å². The molecule has 1 saturated carbocycles. The van der Waals surface area contributed by atoms with Crippen molar-refractivity contribution in [1.82, 2.24) is 5.32 Å². The second-order valence-corrected chi connectivity index (χ2v) is 6.42. The Morgan fingerprint density at radius 2 is 2.00 bits per heavy atom. The third-order valence-electron chi connectivity index (χ3n) is 3.64. The van der Waals surface area contributed by atoms with Crippen LogP contribution in [0, 0.1) is 9.49 Å². The van der Waals surface area contributed by atoms with Crippen LogP contribution < -0.4 is 10.1 Å². The van der Waals surface area contributed by atoms with Gasteiger partial charge in [0.25, 0.3) is 5.91 Å². The number of benzene rings is 1. The number of amides is 1. The molecule has 0 bridgehead atoms. The number of carbonyl (C=O) groups excluding carboxylic acids is 1. The van der Waals surface area contributed by atoms with Crippen molar-refractivity contribution in [3.8, 4) is 5.75 Å². The van der Waals surface area contributed by atoms with Crippen molar-refractivity contribution in [3.05, 3.63) is 27.8 Å². The average Bonchev–Trinajstić information content (AvgIpc) is 2.41. The Balaban J connectivity index is 1.76. The van der Waals surface area contributed by atoms with Gasteiger partial charge in [0.1, 0.15) is 5.75 Å². The van der Waals surface area contributed by atoms with Gasteiger partial charge in [0, 0.05) is 9.61 Å². The summed E-state index contributed by atoms with van der Waals surface area (Å²) in [6.07, 6.45) is 4.80. The van der Waals surface area contributed by atoms with Gasteiger partial charge in [-0.15, -0.1) is 0 Å². The lowest BCUT2D eigenvalue weighted by Crippen LogP contribution is -2.43. The van der Waals surface area contributed by atoms with E-state index in [1.54, 1.807) is 0 Å². The molecule has 1 aliphatic rings. The summed E-state index contributed by atoms with van der Waals surface area (Å²) in [5, 5.41) is 3.08. The van der Waals surface area contributed by atoms with Gasteiger partial charge in [-0.25, -0.2) is 0 Å². The normalized spacial score (nSPS) is 22.8. The van der Waals surface area contributed by atoms with Crippen LogP contribution in [-0.2, 0) is 4.79 Å². The molecule has 0 aliphatic heterocycles. The summed E-state index contributed by atoms with van der Waals surface area (Å²) in [6.45, 7) is 2.31. The zero-order chi connectivity index (χ0) is 13.7. The summed E-state index contributed by atoms with van der Waals surface area (Å²) in [6, 6.07) is 8.03. The molecule has 0 spiro atoms. The highest BCUT2D eigenvalue weighted by Gasteiger charge is 2.22. The minimum Gasteiger partial charge on any atom is -0.484 e. The Kier molecular flexibility index (Phi) is 5.48. The van der Waals surface area contributed by atoms with E-state index in [0.717, 1.165) is 15.7 Å². The molecular formula is C15H20INO2. The summed E-state index contributed by atoms with van der Waals surface area (Å²) in [5.41, 5.74) is 0. The summed E-state index contributed by atoms with van der Waals surface area (Å²) in [7, 11) is 0. The molecule has 1 aromatic rings. The number of halogens is 1. The van der Waals surface area contributed by atoms with Crippen LogP contribution in [0.4, 0.5) is 0 Å². The lowest BCUT2D eigenvalue weighted by atomic mass is 9.86. The van der Waals surface area contributed by atoms with E-state index in [1.165, 1.54) is 19.3 Å². The molecule has 0 heterocycles. The lowest BCUT2D eigenvalue weighted by molar-refractivity contribution is -0.124. The van der Waals surface area contributed by atoms with E-state index < -0.39 is 0 Å². The van der Waals surface area contributed by atoms with Gasteiger partial charge in [-0.1, -0.05) is 19.8 Å². The van der Waals surface area contributed by atoms with Crippen LogP contribution in [0.1, 0.15) is 32.6 Å². The van der Waals surface area contributed by atoms with Crippen molar-refractivity contribution in [3.63, 3.8) is 0 Å². The van der Waals surface area contributed by atoms with Gasteiger partial charge >= 0.3 is 0 Å². The van der Waals surface area contributed by atoms with Gasteiger partial charge in [0.05, 0.1) is 0 Å². The molecule has 1 aromatic carbocycles. The largest absolute Gasteiger partial charge is 0.484 e. The first-order valence-electron chi connectivity index (χ1n) is 6.83. The van der Waals surface area contributed by atoms with Crippen LogP contribution in [0.15, 0.2) is 24.3 Å². The molecule has 0 radical (unpaired) electrons. The Bertz CT molecular complexity index is 419. The van der Waals surface area contributed by atoms with Crippen LogP contribution >= 0.6 is 22.6 Å². The van der Waals surface area contributed by atoms with Gasteiger partial charge < -0.3 is 10.1 Å². The molecule has 1 N–H and O–H groups in total. The molecule has 4 heteroatoms. The maximum absolute atomic E-state index is 11.9. The van der Waals surface area contributed by atoms with Crippen LogP contribution in [-0.4, -0.2) is 18.6 Å². The van der Waals surface area contributed by atoms with Crippen LogP contribution in [0.25, 0.3) is 0 Å². The van der Waals surface area contributed by atoms with E-state index in [9.17, 15) is 4.79 Å². The molecule has 1 fully saturated rings. The van der Waals surface area contributed by atoms with E-state index in [2.05, 4.69) is 34.8 Å². The maximum Gasteiger partial charge on any atom is 0.258 e. The number of ether oxygens (including phenoxy) is 1. The zero-order valence-corrected chi connectivity index (χ0v) is 13.4. The maximum atomic E-state index is 11.9. The Hall–Kier alpha value is -0.780. The highest BCUT2D eigenvalue weighted by molar-refractivity contribution is 14.1. The van der Waals surface area contributed by atoms with Crippen molar-refractivity contribution in [2.75, 3.05) is 6.61 Å². The number of hydrogen-bond donors (Lipinski definition) is 1. The molecule has 2 atom stereocenters. The molecule has 104 valence electrons. The second kappa shape index (κ2) is 7.12. The van der Waals surface area contributed by atoms with Crippen LogP contribution in [0.5, 0.6) is 5.75 Å². The number of nitrogens with one attached hydrogen (secondary N) is 1. The first kappa shape index (κ1) is 14.6. The van der Waals surface area contributed by atoms with E-state index in [4.69, 9.17) is 4.74 Å². The lowest BCUT2D eigenvalue weighted by Gasteiger charge is -2.29. The van der Waals surface area contributed by atoms with Gasteiger partial charge in [-0.3, -0.25) is 4.79 Å². The first-order valence-corrected chi connectivity index (χ1v) is 7.91. The Labute approximate surface area is 128 Å². The highest BCUT2D eigenvalue weighted by Crippen LogP contribution is 2.23. The Morgan fingerprint density at radius 3 is 2.68 bits per heavy atom. The first-order chi connectivity index (χ1) is 9.15. The molecule has 2 unspecified atom stereocenters. The Morgan fingerprint density at radius 1 is 1.32 bits per heavy atom. The molecule has 19 heavy (non-hydrogen) atoms. The van der Waals surface area contributed by atoms with Gasteiger partial charge in [-0.2, -0.15) is 0 Å². The van der Waals surface area contributed by atoms with Gasteiger partial charge in [0.2, 0.25) is 0 Å². The number of carbonyl (C=O) groups is 1. The molecular weight excluding hydrogens is 353 g/mol. The van der Waals surface area contributed by atoms with Crippen molar-refractivity contribution in [1.29, 1.82) is 0 Å². The van der Waals surface area contributed by atoms with E-state index in [0.29, 0.717) is 12.0 Å². The highest BCUT2D eigenvalue weighted by atomic mass is 127. The average molecular weight is 373 g/mol. The third-order valence-corrected chi connectivity index (χ3v) is 4.36. The molecule has 1 aliphatic carbocycles. The fraction of sp³-hybridized carbons (Fsp3) is 0.533. The molecule has 2 rings (SSSR count). The van der Waals surface area contributed by atoms with E-state index >= 15 is 0 Å². The van der Waals surface area contributed by atoms with Crippen molar-refractivity contribution < 1.29 is 9.53 Å². The fourth-order valence-corrected chi connectivity index (χ4v) is 2.82. The molecule has 0 aromatic heterocycles. The summed E-state index contributed by atoms with van der Waals surface area (Å²) >= 11 is 2.24.